The van der Waals surface area contributed by atoms with Crippen LogP contribution in [0, 0.1) is 0 Å². The van der Waals surface area contributed by atoms with Crippen molar-refractivity contribution in [3.05, 3.63) is 29.3 Å². The first-order valence-electron chi connectivity index (χ1n) is 6.95. The summed E-state index contributed by atoms with van der Waals surface area (Å²) in [5.74, 6) is 0.184. The Morgan fingerprint density at radius 3 is 2.95 bits per heavy atom. The zero-order valence-corrected chi connectivity index (χ0v) is 11.4. The fourth-order valence-corrected chi connectivity index (χ4v) is 2.59. The van der Waals surface area contributed by atoms with Crippen LogP contribution in [0.3, 0.4) is 0 Å². The summed E-state index contributed by atoms with van der Waals surface area (Å²) in [6, 6.07) is 6.33. The van der Waals surface area contributed by atoms with Crippen LogP contribution in [-0.2, 0) is 17.6 Å². The van der Waals surface area contributed by atoms with Crippen molar-refractivity contribution < 1.29 is 4.79 Å². The Kier molecular flexibility index (Phi) is 3.07. The van der Waals surface area contributed by atoms with Crippen LogP contribution in [-0.4, -0.2) is 31.6 Å². The summed E-state index contributed by atoms with van der Waals surface area (Å²) >= 11 is 0. The third-order valence-electron chi connectivity index (χ3n) is 4.18. The lowest BCUT2D eigenvalue weighted by molar-refractivity contribution is -0.117. The van der Waals surface area contributed by atoms with Gasteiger partial charge >= 0.3 is 0 Å². The van der Waals surface area contributed by atoms with Gasteiger partial charge in [0.25, 0.3) is 0 Å². The van der Waals surface area contributed by atoms with Crippen LogP contribution in [0.25, 0.3) is 0 Å². The number of anilines is 1. The minimum atomic E-state index is 0.0765. The smallest absolute Gasteiger partial charge is 0.231 e. The van der Waals surface area contributed by atoms with Crippen molar-refractivity contribution in [2.24, 2.45) is 5.73 Å². The summed E-state index contributed by atoms with van der Waals surface area (Å²) in [6.07, 6.45) is 3.82. The Bertz CT molecular complexity index is 508. The maximum Gasteiger partial charge on any atom is 0.231 e. The van der Waals surface area contributed by atoms with Crippen molar-refractivity contribution >= 4 is 11.6 Å². The van der Waals surface area contributed by atoms with Gasteiger partial charge in [0.05, 0.1) is 6.42 Å². The van der Waals surface area contributed by atoms with Gasteiger partial charge in [-0.1, -0.05) is 12.1 Å². The first kappa shape index (κ1) is 12.6. The molecule has 3 rings (SSSR count). The number of amides is 1. The Balaban J connectivity index is 1.55. The maximum absolute atomic E-state index is 11.6. The SMILES string of the molecule is CN1C(=O)Cc2cc(CCNCC3(N)CC3)ccc21. The van der Waals surface area contributed by atoms with E-state index < -0.39 is 0 Å². The summed E-state index contributed by atoms with van der Waals surface area (Å²) in [5, 5.41) is 3.42. The minimum Gasteiger partial charge on any atom is -0.324 e. The highest BCUT2D eigenvalue weighted by Gasteiger charge is 2.37. The molecule has 1 aliphatic heterocycles. The standard InChI is InChI=1S/C15H21N3O/c1-18-13-3-2-11(8-12(13)9-14(18)19)4-7-17-10-15(16)5-6-15/h2-3,8,17H,4-7,9-10,16H2,1H3. The summed E-state index contributed by atoms with van der Waals surface area (Å²) in [4.78, 5) is 13.4. The molecule has 4 nitrogen and oxygen atoms in total. The molecule has 102 valence electrons. The molecule has 4 heteroatoms. The predicted octanol–water partition coefficient (Wildman–Crippen LogP) is 0.829. The molecule has 1 fully saturated rings. The van der Waals surface area contributed by atoms with Gasteiger partial charge in [0.1, 0.15) is 0 Å². The third-order valence-corrected chi connectivity index (χ3v) is 4.18. The summed E-state index contributed by atoms with van der Waals surface area (Å²) < 4.78 is 0. The second-order valence-electron chi connectivity index (χ2n) is 5.88. The molecule has 1 amide bonds. The molecule has 2 aliphatic rings. The van der Waals surface area contributed by atoms with Crippen molar-refractivity contribution in [2.75, 3.05) is 25.0 Å². The number of carbonyl (C=O) groups is 1. The quantitative estimate of drug-likeness (QED) is 0.770. The number of hydrogen-bond donors (Lipinski definition) is 2. The lowest BCUT2D eigenvalue weighted by atomic mass is 10.1. The molecule has 1 aliphatic carbocycles. The lowest BCUT2D eigenvalue weighted by Gasteiger charge is -2.12. The van der Waals surface area contributed by atoms with Crippen LogP contribution in [0.1, 0.15) is 24.0 Å². The molecule has 1 saturated carbocycles. The molecule has 0 bridgehead atoms. The van der Waals surface area contributed by atoms with Gasteiger partial charge in [-0.2, -0.15) is 0 Å². The summed E-state index contributed by atoms with van der Waals surface area (Å²) in [5.41, 5.74) is 9.60. The second-order valence-corrected chi connectivity index (χ2v) is 5.88. The summed E-state index contributed by atoms with van der Waals surface area (Å²) in [6.45, 7) is 1.86. The molecule has 0 radical (unpaired) electrons. The van der Waals surface area contributed by atoms with E-state index in [0.717, 1.165) is 43.6 Å². The Labute approximate surface area is 114 Å². The number of nitrogens with two attached hydrogens (primary N) is 1. The predicted molar refractivity (Wildman–Crippen MR) is 76.3 cm³/mol. The van der Waals surface area contributed by atoms with Gasteiger partial charge in [0.15, 0.2) is 0 Å². The van der Waals surface area contributed by atoms with E-state index in [1.54, 1.807) is 4.90 Å². The van der Waals surface area contributed by atoms with E-state index in [0.29, 0.717) is 6.42 Å². The van der Waals surface area contributed by atoms with Crippen molar-refractivity contribution in [1.82, 2.24) is 5.32 Å². The molecule has 0 unspecified atom stereocenters. The average molecular weight is 259 g/mol. The fraction of sp³-hybridized carbons (Fsp3) is 0.533. The number of fused-ring (bicyclic) bond motifs is 1. The lowest BCUT2D eigenvalue weighted by Crippen LogP contribution is -2.36. The molecule has 3 N–H and O–H groups in total. The number of hydrogen-bond acceptors (Lipinski definition) is 3. The van der Waals surface area contributed by atoms with Crippen molar-refractivity contribution in [3.8, 4) is 0 Å². The van der Waals surface area contributed by atoms with Crippen LogP contribution < -0.4 is 16.0 Å². The first-order valence-corrected chi connectivity index (χ1v) is 6.95. The highest BCUT2D eigenvalue weighted by atomic mass is 16.2. The van der Waals surface area contributed by atoms with Gasteiger partial charge in [-0.05, 0) is 43.0 Å². The molecule has 0 spiro atoms. The topological polar surface area (TPSA) is 58.4 Å². The molecule has 0 aromatic heterocycles. The zero-order valence-electron chi connectivity index (χ0n) is 11.4. The molecule has 1 aromatic carbocycles. The first-order chi connectivity index (χ1) is 9.07. The number of nitrogens with zero attached hydrogens (tertiary/aromatic N) is 1. The third kappa shape index (κ3) is 2.65. The van der Waals surface area contributed by atoms with Gasteiger partial charge in [-0.15, -0.1) is 0 Å². The van der Waals surface area contributed by atoms with Gasteiger partial charge in [-0.3, -0.25) is 4.79 Å². The van der Waals surface area contributed by atoms with Crippen molar-refractivity contribution in [3.63, 3.8) is 0 Å². The molecule has 1 heterocycles. The van der Waals surface area contributed by atoms with E-state index in [2.05, 4.69) is 23.5 Å². The molecule has 1 aromatic rings. The normalized spacial score (nSPS) is 19.7. The van der Waals surface area contributed by atoms with Crippen LogP contribution >= 0.6 is 0 Å². The van der Waals surface area contributed by atoms with Crippen LogP contribution in [0.4, 0.5) is 5.69 Å². The highest BCUT2D eigenvalue weighted by molar-refractivity contribution is 6.00. The molecule has 0 atom stereocenters. The highest BCUT2D eigenvalue weighted by Crippen LogP contribution is 2.31. The van der Waals surface area contributed by atoms with Gasteiger partial charge in [0, 0.05) is 24.8 Å². The van der Waals surface area contributed by atoms with E-state index in [1.165, 1.54) is 5.56 Å². The van der Waals surface area contributed by atoms with Crippen LogP contribution in [0.15, 0.2) is 18.2 Å². The van der Waals surface area contributed by atoms with E-state index >= 15 is 0 Å². The molecular weight excluding hydrogens is 238 g/mol. The van der Waals surface area contributed by atoms with Gasteiger partial charge < -0.3 is 16.0 Å². The Hall–Kier alpha value is -1.39. The zero-order chi connectivity index (χ0) is 13.5. The molecule has 19 heavy (non-hydrogen) atoms. The average Bonchev–Trinajstić information content (AvgIpc) is 3.05. The number of benzene rings is 1. The summed E-state index contributed by atoms with van der Waals surface area (Å²) in [7, 11) is 1.84. The van der Waals surface area contributed by atoms with Crippen molar-refractivity contribution in [2.45, 2.75) is 31.2 Å². The Morgan fingerprint density at radius 2 is 2.21 bits per heavy atom. The van der Waals surface area contributed by atoms with E-state index in [4.69, 9.17) is 5.73 Å². The number of nitrogens with one attached hydrogen (secondary N) is 1. The minimum absolute atomic E-state index is 0.0765. The molecule has 0 saturated heterocycles. The maximum atomic E-state index is 11.6. The van der Waals surface area contributed by atoms with Crippen LogP contribution in [0.2, 0.25) is 0 Å². The fourth-order valence-electron chi connectivity index (χ4n) is 2.59. The Morgan fingerprint density at radius 1 is 1.42 bits per heavy atom. The van der Waals surface area contributed by atoms with E-state index in [9.17, 15) is 4.79 Å². The monoisotopic (exact) mass is 259 g/mol. The van der Waals surface area contributed by atoms with Gasteiger partial charge in [0.2, 0.25) is 5.91 Å². The molecular formula is C15H21N3O. The largest absolute Gasteiger partial charge is 0.324 e. The number of rotatable bonds is 5. The van der Waals surface area contributed by atoms with Gasteiger partial charge in [-0.25, -0.2) is 0 Å². The number of likely N-dealkylation sites (N-methyl/N-ethyl adjacent to an activating group) is 1. The van der Waals surface area contributed by atoms with Crippen molar-refractivity contribution in [1.29, 1.82) is 0 Å². The second kappa shape index (κ2) is 4.62. The number of carbonyl (C=O) groups excluding carboxylic acids is 1. The van der Waals surface area contributed by atoms with Crippen LogP contribution in [0.5, 0.6) is 0 Å². The van der Waals surface area contributed by atoms with E-state index in [1.807, 2.05) is 7.05 Å². The van der Waals surface area contributed by atoms with E-state index in [-0.39, 0.29) is 11.4 Å².